The SMILES string of the molecule is Fc1ccc(-c2ccccc2)cc1.[K+].[OH-]. The molecule has 0 fully saturated rings. The van der Waals surface area contributed by atoms with Crippen LogP contribution in [0.5, 0.6) is 0 Å². The van der Waals surface area contributed by atoms with Gasteiger partial charge in [0, 0.05) is 0 Å². The summed E-state index contributed by atoms with van der Waals surface area (Å²) in [7, 11) is 0. The maximum Gasteiger partial charge on any atom is 1.00 e. The summed E-state index contributed by atoms with van der Waals surface area (Å²) >= 11 is 0. The van der Waals surface area contributed by atoms with E-state index in [1.165, 1.54) is 12.1 Å². The molecule has 3 heteroatoms. The van der Waals surface area contributed by atoms with Crippen LogP contribution in [0.3, 0.4) is 0 Å². The fourth-order valence-electron chi connectivity index (χ4n) is 1.27. The Morgan fingerprint density at radius 2 is 1.13 bits per heavy atom. The van der Waals surface area contributed by atoms with Crippen LogP contribution < -0.4 is 51.4 Å². The number of hydrogen-bond donors (Lipinski definition) is 0. The van der Waals surface area contributed by atoms with Crippen LogP contribution in [-0.4, -0.2) is 5.48 Å². The second kappa shape index (κ2) is 7.27. The first-order chi connectivity index (χ1) is 6.36. The third kappa shape index (κ3) is 4.14. The van der Waals surface area contributed by atoms with Crippen LogP contribution >= 0.6 is 0 Å². The molecule has 2 aromatic rings. The maximum atomic E-state index is 12.6. The average Bonchev–Trinajstić information content (AvgIpc) is 2.20. The number of halogens is 1. The summed E-state index contributed by atoms with van der Waals surface area (Å²) in [4.78, 5) is 0. The van der Waals surface area contributed by atoms with Gasteiger partial charge in [0.05, 0.1) is 0 Å². The molecule has 15 heavy (non-hydrogen) atoms. The normalized spacial score (nSPS) is 8.60. The molecule has 0 amide bonds. The van der Waals surface area contributed by atoms with Gasteiger partial charge in [0.25, 0.3) is 0 Å². The second-order valence-corrected chi connectivity index (χ2v) is 2.87. The Morgan fingerprint density at radius 1 is 0.667 bits per heavy atom. The number of rotatable bonds is 1. The summed E-state index contributed by atoms with van der Waals surface area (Å²) < 4.78 is 12.6. The van der Waals surface area contributed by atoms with Crippen LogP contribution in [0.15, 0.2) is 54.6 Å². The minimum atomic E-state index is -0.195. The van der Waals surface area contributed by atoms with Gasteiger partial charge in [-0.15, -0.1) is 0 Å². The molecule has 0 aliphatic carbocycles. The van der Waals surface area contributed by atoms with Crippen molar-refractivity contribution in [3.05, 3.63) is 60.4 Å². The number of benzene rings is 2. The molecule has 1 nitrogen and oxygen atoms in total. The molecule has 0 radical (unpaired) electrons. The maximum absolute atomic E-state index is 12.6. The van der Waals surface area contributed by atoms with E-state index in [9.17, 15) is 4.39 Å². The van der Waals surface area contributed by atoms with Crippen molar-refractivity contribution in [3.8, 4) is 11.1 Å². The zero-order chi connectivity index (χ0) is 9.10. The van der Waals surface area contributed by atoms with Crippen molar-refractivity contribution in [1.29, 1.82) is 0 Å². The Labute approximate surface area is 131 Å². The first-order valence-electron chi connectivity index (χ1n) is 4.17. The van der Waals surface area contributed by atoms with Gasteiger partial charge in [0.2, 0.25) is 0 Å². The van der Waals surface area contributed by atoms with Crippen molar-refractivity contribution in [2.45, 2.75) is 0 Å². The molecule has 0 aromatic heterocycles. The molecule has 0 spiro atoms. The first kappa shape index (κ1) is 15.0. The Hall–Kier alpha value is -0.0336. The summed E-state index contributed by atoms with van der Waals surface area (Å²) in [5.41, 5.74) is 2.16. The third-order valence-corrected chi connectivity index (χ3v) is 1.95. The first-order valence-corrected chi connectivity index (χ1v) is 4.17. The van der Waals surface area contributed by atoms with Crippen molar-refractivity contribution in [2.75, 3.05) is 0 Å². The molecular weight excluding hydrogens is 218 g/mol. The molecule has 2 aromatic carbocycles. The quantitative estimate of drug-likeness (QED) is 0.647. The van der Waals surface area contributed by atoms with Crippen molar-refractivity contribution in [2.24, 2.45) is 0 Å². The number of hydrogen-bond acceptors (Lipinski definition) is 1. The van der Waals surface area contributed by atoms with E-state index in [0.717, 1.165) is 11.1 Å². The molecule has 72 valence electrons. The summed E-state index contributed by atoms with van der Waals surface area (Å²) in [6.07, 6.45) is 0. The Morgan fingerprint density at radius 3 is 1.67 bits per heavy atom. The predicted molar refractivity (Wildman–Crippen MR) is 53.8 cm³/mol. The van der Waals surface area contributed by atoms with Gasteiger partial charge < -0.3 is 5.48 Å². The summed E-state index contributed by atoms with van der Waals surface area (Å²) in [6.45, 7) is 0. The molecule has 0 heterocycles. The van der Waals surface area contributed by atoms with Gasteiger partial charge >= 0.3 is 51.4 Å². The summed E-state index contributed by atoms with van der Waals surface area (Å²) in [6, 6.07) is 16.4. The Kier molecular flexibility index (Phi) is 7.26. The van der Waals surface area contributed by atoms with E-state index >= 15 is 0 Å². The average molecular weight is 228 g/mol. The smallest absolute Gasteiger partial charge is 0.870 e. The summed E-state index contributed by atoms with van der Waals surface area (Å²) in [5, 5.41) is 0. The minimum absolute atomic E-state index is 0. The molecule has 0 saturated heterocycles. The Balaban J connectivity index is 0.000000980. The van der Waals surface area contributed by atoms with E-state index in [-0.39, 0.29) is 62.7 Å². The van der Waals surface area contributed by atoms with Crippen LogP contribution in [0.4, 0.5) is 4.39 Å². The molecule has 0 unspecified atom stereocenters. The van der Waals surface area contributed by atoms with Crippen molar-refractivity contribution >= 4 is 0 Å². The van der Waals surface area contributed by atoms with E-state index in [2.05, 4.69) is 0 Å². The van der Waals surface area contributed by atoms with Gasteiger partial charge in [-0.1, -0.05) is 42.5 Å². The van der Waals surface area contributed by atoms with Crippen LogP contribution in [0.1, 0.15) is 0 Å². The predicted octanol–water partition coefficient (Wildman–Crippen LogP) is 0.320. The molecular formula is C12H10FKO. The van der Waals surface area contributed by atoms with Gasteiger partial charge in [0.1, 0.15) is 5.82 Å². The van der Waals surface area contributed by atoms with Crippen molar-refractivity contribution in [1.82, 2.24) is 0 Å². The molecule has 0 aliphatic heterocycles. The topological polar surface area (TPSA) is 30.0 Å². The van der Waals surface area contributed by atoms with Crippen LogP contribution in [0.2, 0.25) is 0 Å². The molecule has 0 aliphatic rings. The summed E-state index contributed by atoms with van der Waals surface area (Å²) in [5.74, 6) is -0.195. The fourth-order valence-corrected chi connectivity index (χ4v) is 1.27. The molecule has 0 atom stereocenters. The van der Waals surface area contributed by atoms with Gasteiger partial charge in [-0.25, -0.2) is 4.39 Å². The molecule has 0 saturated carbocycles. The van der Waals surface area contributed by atoms with E-state index in [1.54, 1.807) is 12.1 Å². The zero-order valence-electron chi connectivity index (χ0n) is 8.52. The molecule has 0 bridgehead atoms. The van der Waals surface area contributed by atoms with Crippen LogP contribution in [-0.2, 0) is 0 Å². The largest absolute Gasteiger partial charge is 1.00 e. The third-order valence-electron chi connectivity index (χ3n) is 1.95. The minimum Gasteiger partial charge on any atom is -0.870 e. The van der Waals surface area contributed by atoms with Crippen LogP contribution in [0.25, 0.3) is 11.1 Å². The fraction of sp³-hybridized carbons (Fsp3) is 0. The van der Waals surface area contributed by atoms with Crippen molar-refractivity contribution < 1.29 is 61.3 Å². The van der Waals surface area contributed by atoms with Gasteiger partial charge in [-0.3, -0.25) is 0 Å². The van der Waals surface area contributed by atoms with Crippen LogP contribution in [0, 0.1) is 5.82 Å². The monoisotopic (exact) mass is 228 g/mol. The molecule has 2 rings (SSSR count). The standard InChI is InChI=1S/C12H9F.K.H2O/c13-12-8-6-11(7-9-12)10-4-2-1-3-5-10;;/h1-9H;;1H2/q;+1;/p-1. The van der Waals surface area contributed by atoms with Gasteiger partial charge in [-0.05, 0) is 23.3 Å². The van der Waals surface area contributed by atoms with E-state index in [0.29, 0.717) is 0 Å². The van der Waals surface area contributed by atoms with E-state index < -0.39 is 0 Å². The second-order valence-electron chi connectivity index (χ2n) is 2.87. The van der Waals surface area contributed by atoms with E-state index in [1.807, 2.05) is 30.3 Å². The van der Waals surface area contributed by atoms with E-state index in [4.69, 9.17) is 0 Å². The zero-order valence-corrected chi connectivity index (χ0v) is 11.6. The van der Waals surface area contributed by atoms with Gasteiger partial charge in [0.15, 0.2) is 0 Å². The Bertz CT molecular complexity index is 386. The van der Waals surface area contributed by atoms with Crippen molar-refractivity contribution in [3.63, 3.8) is 0 Å². The van der Waals surface area contributed by atoms with Gasteiger partial charge in [-0.2, -0.15) is 0 Å². The molecule has 1 N–H and O–H groups in total.